The first-order valence-electron chi connectivity index (χ1n) is 9.36. The van der Waals surface area contributed by atoms with Crippen LogP contribution in [0, 0.1) is 23.7 Å². The van der Waals surface area contributed by atoms with Crippen LogP contribution in [0.4, 0.5) is 0 Å². The fourth-order valence-electron chi connectivity index (χ4n) is 3.08. The maximum Gasteiger partial charge on any atom is 0.177 e. The summed E-state index contributed by atoms with van der Waals surface area (Å²) in [5.41, 5.74) is 0.738. The standard InChI is InChI=1S/C21H34O3/c1-13(2)8-7-9-16-17(11-10-14(3)4)21(24)19(20(16)23)18(22)12-15(5)6/h9,13-15,17,23H,7-8,10-12H2,1-6H3/b16-9-. The number of hydrogen-bond donors (Lipinski definition) is 1. The van der Waals surface area contributed by atoms with E-state index in [9.17, 15) is 14.7 Å². The second-order valence-electron chi connectivity index (χ2n) is 8.26. The van der Waals surface area contributed by atoms with Gasteiger partial charge in [-0.25, -0.2) is 0 Å². The molecule has 0 radical (unpaired) electrons. The molecule has 1 rings (SSSR count). The van der Waals surface area contributed by atoms with Crippen LogP contribution in [0.2, 0.25) is 0 Å². The van der Waals surface area contributed by atoms with Crippen molar-refractivity contribution in [2.75, 3.05) is 0 Å². The quantitative estimate of drug-likeness (QED) is 0.573. The average Bonchev–Trinajstić information content (AvgIpc) is 2.66. The summed E-state index contributed by atoms with van der Waals surface area (Å²) in [7, 11) is 0. The monoisotopic (exact) mass is 334 g/mol. The molecule has 3 heteroatoms. The van der Waals surface area contributed by atoms with Crippen molar-refractivity contribution in [1.82, 2.24) is 0 Å². The van der Waals surface area contributed by atoms with Crippen LogP contribution >= 0.6 is 0 Å². The first-order chi connectivity index (χ1) is 11.1. The largest absolute Gasteiger partial charge is 0.507 e. The van der Waals surface area contributed by atoms with Crippen LogP contribution in [0.15, 0.2) is 23.0 Å². The summed E-state index contributed by atoms with van der Waals surface area (Å²) < 4.78 is 0. The molecule has 1 aliphatic rings. The number of carbonyl (C=O) groups excluding carboxylic acids is 2. The molecule has 0 fully saturated rings. The van der Waals surface area contributed by atoms with E-state index in [2.05, 4.69) is 27.7 Å². The summed E-state index contributed by atoms with van der Waals surface area (Å²) >= 11 is 0. The van der Waals surface area contributed by atoms with E-state index in [1.807, 2.05) is 19.9 Å². The highest BCUT2D eigenvalue weighted by Crippen LogP contribution is 2.37. The van der Waals surface area contributed by atoms with E-state index in [0.717, 1.165) is 19.3 Å². The average molecular weight is 335 g/mol. The Balaban J connectivity index is 3.07. The van der Waals surface area contributed by atoms with Gasteiger partial charge in [-0.1, -0.05) is 47.6 Å². The lowest BCUT2D eigenvalue weighted by molar-refractivity contribution is -0.122. The predicted molar refractivity (Wildman–Crippen MR) is 98.8 cm³/mol. The molecule has 24 heavy (non-hydrogen) atoms. The molecular weight excluding hydrogens is 300 g/mol. The minimum Gasteiger partial charge on any atom is -0.507 e. The lowest BCUT2D eigenvalue weighted by atomic mass is 9.89. The minimum atomic E-state index is -0.342. The minimum absolute atomic E-state index is 0.0493. The molecule has 0 saturated carbocycles. The third-order valence-corrected chi connectivity index (χ3v) is 4.46. The van der Waals surface area contributed by atoms with E-state index in [1.165, 1.54) is 0 Å². The third kappa shape index (κ3) is 5.61. The summed E-state index contributed by atoms with van der Waals surface area (Å²) in [6.07, 6.45) is 5.74. The van der Waals surface area contributed by atoms with Gasteiger partial charge in [-0.05, 0) is 43.4 Å². The lowest BCUT2D eigenvalue weighted by Crippen LogP contribution is -2.18. The Morgan fingerprint density at radius 3 is 2.12 bits per heavy atom. The molecule has 0 aromatic carbocycles. The number of aliphatic hydroxyl groups excluding tert-OH is 1. The number of hydrogen-bond acceptors (Lipinski definition) is 3. The summed E-state index contributed by atoms with van der Waals surface area (Å²) in [5.74, 6) is 0.458. The van der Waals surface area contributed by atoms with Crippen molar-refractivity contribution in [2.45, 2.75) is 73.6 Å². The topological polar surface area (TPSA) is 54.4 Å². The summed E-state index contributed by atoms with van der Waals surface area (Å²) in [4.78, 5) is 25.2. The highest BCUT2D eigenvalue weighted by atomic mass is 16.3. The maximum absolute atomic E-state index is 12.8. The van der Waals surface area contributed by atoms with Gasteiger partial charge in [0.25, 0.3) is 0 Å². The number of ketones is 2. The van der Waals surface area contributed by atoms with Crippen LogP contribution in [0.3, 0.4) is 0 Å². The molecule has 0 aliphatic heterocycles. The van der Waals surface area contributed by atoms with Crippen molar-refractivity contribution < 1.29 is 14.7 Å². The van der Waals surface area contributed by atoms with Gasteiger partial charge in [0.05, 0.1) is 5.92 Å². The first-order valence-corrected chi connectivity index (χ1v) is 9.36. The van der Waals surface area contributed by atoms with Gasteiger partial charge in [-0.2, -0.15) is 0 Å². The maximum atomic E-state index is 12.8. The second-order valence-corrected chi connectivity index (χ2v) is 8.26. The zero-order valence-electron chi connectivity index (χ0n) is 16.2. The molecule has 1 aliphatic carbocycles. The molecule has 3 nitrogen and oxygen atoms in total. The number of Topliss-reactive ketones (excluding diaryl/α,β-unsaturated/α-hetero) is 2. The molecule has 0 saturated heterocycles. The summed E-state index contributed by atoms with van der Waals surface area (Å²) in [5, 5.41) is 10.6. The number of rotatable bonds is 9. The van der Waals surface area contributed by atoms with Gasteiger partial charge < -0.3 is 5.11 Å². The van der Waals surface area contributed by atoms with E-state index in [4.69, 9.17) is 0 Å². The van der Waals surface area contributed by atoms with E-state index < -0.39 is 0 Å². The Bertz CT molecular complexity index is 521. The Kier molecular flexibility index (Phi) is 7.92. The smallest absolute Gasteiger partial charge is 0.177 e. The number of aliphatic hydroxyl groups is 1. The molecule has 0 spiro atoms. The molecule has 0 aromatic rings. The fraction of sp³-hybridized carbons (Fsp3) is 0.714. The molecule has 1 atom stereocenters. The summed E-state index contributed by atoms with van der Waals surface area (Å²) in [6, 6.07) is 0. The van der Waals surface area contributed by atoms with Crippen molar-refractivity contribution in [1.29, 1.82) is 0 Å². The first kappa shape index (κ1) is 20.7. The van der Waals surface area contributed by atoms with Crippen molar-refractivity contribution in [3.63, 3.8) is 0 Å². The zero-order valence-corrected chi connectivity index (χ0v) is 16.2. The van der Waals surface area contributed by atoms with E-state index in [0.29, 0.717) is 30.3 Å². The van der Waals surface area contributed by atoms with Crippen molar-refractivity contribution >= 4 is 11.6 Å². The van der Waals surface area contributed by atoms with Crippen LogP contribution in [0.25, 0.3) is 0 Å². The van der Waals surface area contributed by atoms with Gasteiger partial charge in [-0.3, -0.25) is 9.59 Å². The van der Waals surface area contributed by atoms with Gasteiger partial charge in [0, 0.05) is 12.0 Å². The molecule has 1 unspecified atom stereocenters. The van der Waals surface area contributed by atoms with E-state index >= 15 is 0 Å². The molecule has 0 bridgehead atoms. The van der Waals surface area contributed by atoms with E-state index in [-0.39, 0.29) is 34.7 Å². The Labute approximate surface area is 147 Å². The predicted octanol–water partition coefficient (Wildman–Crippen LogP) is 5.41. The molecular formula is C21H34O3. The Morgan fingerprint density at radius 1 is 1.04 bits per heavy atom. The Hall–Kier alpha value is -1.38. The lowest BCUT2D eigenvalue weighted by Gasteiger charge is -2.13. The molecule has 0 aromatic heterocycles. The highest BCUT2D eigenvalue weighted by molar-refractivity contribution is 6.24. The third-order valence-electron chi connectivity index (χ3n) is 4.46. The molecule has 0 heterocycles. The van der Waals surface area contributed by atoms with Crippen LogP contribution in [-0.4, -0.2) is 16.7 Å². The van der Waals surface area contributed by atoms with Crippen molar-refractivity contribution in [3.8, 4) is 0 Å². The molecule has 0 amide bonds. The second kappa shape index (κ2) is 9.19. The van der Waals surface area contributed by atoms with Gasteiger partial charge >= 0.3 is 0 Å². The normalized spacial score (nSPS) is 20.3. The Morgan fingerprint density at radius 2 is 1.62 bits per heavy atom. The van der Waals surface area contributed by atoms with Gasteiger partial charge in [0.2, 0.25) is 0 Å². The SMILES string of the molecule is CC(C)CC/C=C1\C(O)=C(C(=O)CC(C)C)C(=O)C1CCC(C)C. The number of carbonyl (C=O) groups is 2. The van der Waals surface area contributed by atoms with Gasteiger partial charge in [0.1, 0.15) is 11.3 Å². The van der Waals surface area contributed by atoms with Crippen LogP contribution in [0.5, 0.6) is 0 Å². The van der Waals surface area contributed by atoms with Crippen molar-refractivity contribution in [3.05, 3.63) is 23.0 Å². The molecule has 136 valence electrons. The summed E-state index contributed by atoms with van der Waals surface area (Å²) in [6.45, 7) is 12.5. The van der Waals surface area contributed by atoms with Gasteiger partial charge in [0.15, 0.2) is 11.6 Å². The van der Waals surface area contributed by atoms with Crippen LogP contribution in [-0.2, 0) is 9.59 Å². The van der Waals surface area contributed by atoms with Gasteiger partial charge in [-0.15, -0.1) is 0 Å². The van der Waals surface area contributed by atoms with Crippen LogP contribution in [0.1, 0.15) is 73.6 Å². The molecule has 1 N–H and O–H groups in total. The van der Waals surface area contributed by atoms with E-state index in [1.54, 1.807) is 0 Å². The zero-order chi connectivity index (χ0) is 18.4. The van der Waals surface area contributed by atoms with Crippen LogP contribution < -0.4 is 0 Å². The number of allylic oxidation sites excluding steroid dienone is 3. The highest BCUT2D eigenvalue weighted by Gasteiger charge is 2.40. The van der Waals surface area contributed by atoms with Crippen molar-refractivity contribution in [2.24, 2.45) is 23.7 Å². The fourth-order valence-corrected chi connectivity index (χ4v) is 3.08.